The molecule has 0 bridgehead atoms. The second-order valence-corrected chi connectivity index (χ2v) is 10.1. The number of aliphatic hydroxyl groups is 1. The van der Waals surface area contributed by atoms with Gasteiger partial charge in [0, 0.05) is 25.6 Å². The van der Waals surface area contributed by atoms with E-state index in [0.717, 1.165) is 49.8 Å². The van der Waals surface area contributed by atoms with Crippen molar-refractivity contribution in [1.29, 1.82) is 0 Å². The fourth-order valence-electron chi connectivity index (χ4n) is 4.69. The van der Waals surface area contributed by atoms with Gasteiger partial charge >= 0.3 is 0 Å². The monoisotopic (exact) mass is 516 g/mol. The molecule has 2 aromatic rings. The molecule has 2 aliphatic heterocycles. The summed E-state index contributed by atoms with van der Waals surface area (Å²) >= 11 is 5.71. The molecule has 2 saturated heterocycles. The number of aryl methyl sites for hydroxylation is 1. The van der Waals surface area contributed by atoms with Gasteiger partial charge in [-0.3, -0.25) is 9.80 Å². The molecule has 0 aliphatic carbocycles. The van der Waals surface area contributed by atoms with Crippen molar-refractivity contribution < 1.29 is 14.6 Å². The molecule has 36 heavy (non-hydrogen) atoms. The van der Waals surface area contributed by atoms with Gasteiger partial charge in [-0.05, 0) is 100 Å². The Labute approximate surface area is 223 Å². The smallest absolute Gasteiger partial charge is 0.119 e. The molecule has 0 aromatic heterocycles. The van der Waals surface area contributed by atoms with E-state index in [1.54, 1.807) is 0 Å². The zero-order chi connectivity index (χ0) is 25.3. The largest absolute Gasteiger partial charge is 0.492 e. The number of benzene rings is 2. The Morgan fingerprint density at radius 2 is 1.03 bits per heavy atom. The molecule has 4 rings (SSSR count). The standard InChI is InChI=1S/C15H22ClNO.C15H23NO2/c16-9-8-14-4-6-15(7-5-14)18-13-12-17-10-2-1-3-11-17;17-12-8-14-4-6-15(7-5-14)18-13-11-16-9-2-1-3-10-16/h4-7H,1-3,8-13H2;4-7,17H,1-3,8-13H2. The first kappa shape index (κ1) is 28.8. The van der Waals surface area contributed by atoms with Crippen molar-refractivity contribution in [1.82, 2.24) is 9.80 Å². The van der Waals surface area contributed by atoms with Gasteiger partial charge < -0.3 is 14.6 Å². The number of likely N-dealkylation sites (tertiary alicyclic amines) is 2. The molecule has 0 atom stereocenters. The van der Waals surface area contributed by atoms with Gasteiger partial charge in [-0.2, -0.15) is 0 Å². The topological polar surface area (TPSA) is 45.2 Å². The second kappa shape index (κ2) is 17.6. The minimum absolute atomic E-state index is 0.204. The van der Waals surface area contributed by atoms with Crippen molar-refractivity contribution in [2.24, 2.45) is 0 Å². The number of hydrogen-bond donors (Lipinski definition) is 1. The molecule has 0 spiro atoms. The highest BCUT2D eigenvalue weighted by atomic mass is 35.5. The highest BCUT2D eigenvalue weighted by Gasteiger charge is 2.10. The molecule has 0 radical (unpaired) electrons. The lowest BCUT2D eigenvalue weighted by Gasteiger charge is -2.26. The van der Waals surface area contributed by atoms with E-state index in [9.17, 15) is 0 Å². The quantitative estimate of drug-likeness (QED) is 0.382. The molecule has 1 N–H and O–H groups in total. The maximum absolute atomic E-state index is 8.84. The van der Waals surface area contributed by atoms with Crippen LogP contribution in [0.1, 0.15) is 49.7 Å². The van der Waals surface area contributed by atoms with Crippen molar-refractivity contribution >= 4 is 11.6 Å². The molecule has 2 heterocycles. The molecule has 5 nitrogen and oxygen atoms in total. The lowest BCUT2D eigenvalue weighted by Crippen LogP contribution is -2.33. The first-order chi connectivity index (χ1) is 17.8. The number of rotatable bonds is 12. The molecule has 0 amide bonds. The third-order valence-corrected chi connectivity index (χ3v) is 7.07. The Hall–Kier alpha value is -1.79. The molecule has 0 unspecified atom stereocenters. The number of alkyl halides is 1. The van der Waals surface area contributed by atoms with E-state index < -0.39 is 0 Å². The SMILES string of the molecule is ClCCc1ccc(OCCN2CCCCC2)cc1.OCCc1ccc(OCCN2CCCCC2)cc1. The molecule has 6 heteroatoms. The minimum atomic E-state index is 0.204. The van der Waals surface area contributed by atoms with Crippen LogP contribution in [0.4, 0.5) is 0 Å². The summed E-state index contributed by atoms with van der Waals surface area (Å²) in [6, 6.07) is 16.3. The van der Waals surface area contributed by atoms with Gasteiger partial charge in [0.1, 0.15) is 24.7 Å². The average Bonchev–Trinajstić information content (AvgIpc) is 2.93. The summed E-state index contributed by atoms with van der Waals surface area (Å²) in [5.74, 6) is 2.56. The van der Waals surface area contributed by atoms with Gasteiger partial charge in [0.05, 0.1) is 0 Å². The number of ether oxygens (including phenoxy) is 2. The number of nitrogens with zero attached hydrogens (tertiary/aromatic N) is 2. The van der Waals surface area contributed by atoms with Gasteiger partial charge in [-0.1, -0.05) is 37.1 Å². The Kier molecular flexibility index (Phi) is 14.1. The summed E-state index contributed by atoms with van der Waals surface area (Å²) in [5.41, 5.74) is 2.43. The van der Waals surface area contributed by atoms with Gasteiger partial charge in [-0.25, -0.2) is 0 Å². The molecule has 200 valence electrons. The molecule has 0 saturated carbocycles. The fourth-order valence-corrected chi connectivity index (χ4v) is 4.91. The maximum atomic E-state index is 8.84. The maximum Gasteiger partial charge on any atom is 0.119 e. The van der Waals surface area contributed by atoms with Crippen LogP contribution < -0.4 is 9.47 Å². The minimum Gasteiger partial charge on any atom is -0.492 e. The number of aliphatic hydroxyl groups excluding tert-OH is 1. The number of hydrogen-bond acceptors (Lipinski definition) is 5. The van der Waals surface area contributed by atoms with Gasteiger partial charge in [0.15, 0.2) is 0 Å². The van der Waals surface area contributed by atoms with Crippen LogP contribution in [0, 0.1) is 0 Å². The zero-order valence-corrected chi connectivity index (χ0v) is 22.6. The zero-order valence-electron chi connectivity index (χ0n) is 21.9. The van der Waals surface area contributed by atoms with E-state index in [1.165, 1.54) is 70.3 Å². The van der Waals surface area contributed by atoms with Crippen LogP contribution in [0.15, 0.2) is 48.5 Å². The summed E-state index contributed by atoms with van der Waals surface area (Å²) in [5, 5.41) is 8.84. The summed E-state index contributed by atoms with van der Waals surface area (Å²) in [6.07, 6.45) is 9.75. The van der Waals surface area contributed by atoms with Gasteiger partial charge in [0.25, 0.3) is 0 Å². The predicted octanol–water partition coefficient (Wildman–Crippen LogP) is 5.42. The average molecular weight is 517 g/mol. The van der Waals surface area contributed by atoms with Crippen molar-refractivity contribution in [3.8, 4) is 11.5 Å². The summed E-state index contributed by atoms with van der Waals surface area (Å²) < 4.78 is 11.5. The second-order valence-electron chi connectivity index (χ2n) is 9.70. The summed E-state index contributed by atoms with van der Waals surface area (Å²) in [4.78, 5) is 4.97. The summed E-state index contributed by atoms with van der Waals surface area (Å²) in [7, 11) is 0. The normalized spacial score (nSPS) is 16.7. The first-order valence-electron chi connectivity index (χ1n) is 13.8. The Morgan fingerprint density at radius 3 is 1.42 bits per heavy atom. The van der Waals surface area contributed by atoms with E-state index in [1.807, 2.05) is 36.4 Å². The third-order valence-electron chi connectivity index (χ3n) is 6.88. The van der Waals surface area contributed by atoms with E-state index in [0.29, 0.717) is 12.3 Å². The first-order valence-corrected chi connectivity index (χ1v) is 14.4. The van der Waals surface area contributed by atoms with E-state index in [-0.39, 0.29) is 6.61 Å². The van der Waals surface area contributed by atoms with Gasteiger partial charge in [-0.15, -0.1) is 11.6 Å². The third kappa shape index (κ3) is 11.5. The number of piperidine rings is 2. The summed E-state index contributed by atoms with van der Waals surface area (Å²) in [6.45, 7) is 8.73. The molecule has 2 aliphatic rings. The predicted molar refractivity (Wildman–Crippen MR) is 150 cm³/mol. The Bertz CT molecular complexity index is 734. The van der Waals surface area contributed by atoms with Crippen LogP contribution in [0.5, 0.6) is 11.5 Å². The molecule has 2 aromatic carbocycles. The van der Waals surface area contributed by atoms with E-state index in [2.05, 4.69) is 21.9 Å². The van der Waals surface area contributed by atoms with Crippen molar-refractivity contribution in [3.63, 3.8) is 0 Å². The van der Waals surface area contributed by atoms with E-state index >= 15 is 0 Å². The Morgan fingerprint density at radius 1 is 0.611 bits per heavy atom. The van der Waals surface area contributed by atoms with Crippen LogP contribution in [0.25, 0.3) is 0 Å². The molecular formula is C30H45ClN2O3. The van der Waals surface area contributed by atoms with Crippen molar-refractivity contribution in [2.75, 3.05) is 65.0 Å². The fraction of sp³-hybridized carbons (Fsp3) is 0.600. The lowest BCUT2D eigenvalue weighted by molar-refractivity contribution is 0.183. The highest BCUT2D eigenvalue weighted by Crippen LogP contribution is 2.15. The van der Waals surface area contributed by atoms with Crippen molar-refractivity contribution in [3.05, 3.63) is 59.7 Å². The van der Waals surface area contributed by atoms with Crippen LogP contribution >= 0.6 is 11.6 Å². The lowest BCUT2D eigenvalue weighted by atomic mass is 10.1. The highest BCUT2D eigenvalue weighted by molar-refractivity contribution is 6.17. The van der Waals surface area contributed by atoms with E-state index in [4.69, 9.17) is 26.2 Å². The van der Waals surface area contributed by atoms with Crippen LogP contribution in [-0.2, 0) is 12.8 Å². The van der Waals surface area contributed by atoms with Crippen LogP contribution in [0.3, 0.4) is 0 Å². The molecule has 2 fully saturated rings. The van der Waals surface area contributed by atoms with Gasteiger partial charge in [0.2, 0.25) is 0 Å². The van der Waals surface area contributed by atoms with Crippen LogP contribution in [-0.4, -0.2) is 79.9 Å². The molecular weight excluding hydrogens is 472 g/mol. The Balaban J connectivity index is 0.000000201. The van der Waals surface area contributed by atoms with Crippen LogP contribution in [0.2, 0.25) is 0 Å². The van der Waals surface area contributed by atoms with Crippen molar-refractivity contribution in [2.45, 2.75) is 51.4 Å². The number of halogens is 1.